The number of rotatable bonds is 5. The molecular formula is C21H24N4O. The SMILES string of the molecule is O[C@@H](c1ccccn1)C1CCN(Cc2ccc(-n3cccn3)cc2)CC1. The van der Waals surface area contributed by atoms with E-state index in [1.807, 2.05) is 35.1 Å². The number of hydrogen-bond donors (Lipinski definition) is 1. The van der Waals surface area contributed by atoms with Gasteiger partial charge in [-0.25, -0.2) is 4.68 Å². The number of pyridine rings is 1. The summed E-state index contributed by atoms with van der Waals surface area (Å²) in [5.74, 6) is 0.295. The quantitative estimate of drug-likeness (QED) is 0.769. The lowest BCUT2D eigenvalue weighted by molar-refractivity contribution is 0.0540. The van der Waals surface area contributed by atoms with E-state index in [0.717, 1.165) is 43.9 Å². The van der Waals surface area contributed by atoms with Gasteiger partial charge in [-0.2, -0.15) is 5.10 Å². The number of benzene rings is 1. The molecule has 1 aliphatic rings. The van der Waals surface area contributed by atoms with Gasteiger partial charge >= 0.3 is 0 Å². The molecule has 2 aromatic heterocycles. The summed E-state index contributed by atoms with van der Waals surface area (Å²) < 4.78 is 1.87. The van der Waals surface area contributed by atoms with Crippen molar-refractivity contribution in [3.63, 3.8) is 0 Å². The van der Waals surface area contributed by atoms with Gasteiger partial charge in [-0.3, -0.25) is 9.88 Å². The fraction of sp³-hybridized carbons (Fsp3) is 0.333. The van der Waals surface area contributed by atoms with Gasteiger partial charge in [0.05, 0.1) is 17.5 Å². The lowest BCUT2D eigenvalue weighted by Crippen LogP contribution is -2.35. The summed E-state index contributed by atoms with van der Waals surface area (Å²) in [6.07, 6.45) is 7.04. The van der Waals surface area contributed by atoms with Gasteiger partial charge < -0.3 is 5.11 Å². The van der Waals surface area contributed by atoms with Gasteiger partial charge in [-0.1, -0.05) is 18.2 Å². The topological polar surface area (TPSA) is 54.2 Å². The Morgan fingerprint density at radius 2 is 1.81 bits per heavy atom. The zero-order chi connectivity index (χ0) is 17.8. The summed E-state index contributed by atoms with van der Waals surface area (Å²) in [4.78, 5) is 6.76. The van der Waals surface area contributed by atoms with Crippen molar-refractivity contribution >= 4 is 0 Å². The van der Waals surface area contributed by atoms with E-state index in [2.05, 4.69) is 39.2 Å². The zero-order valence-electron chi connectivity index (χ0n) is 14.8. The van der Waals surface area contributed by atoms with Gasteiger partial charge in [-0.15, -0.1) is 0 Å². The molecule has 5 nitrogen and oxygen atoms in total. The van der Waals surface area contributed by atoms with Crippen LogP contribution < -0.4 is 0 Å². The molecule has 1 atom stereocenters. The molecule has 1 aliphatic heterocycles. The van der Waals surface area contributed by atoms with Crippen LogP contribution in [-0.4, -0.2) is 37.9 Å². The van der Waals surface area contributed by atoms with Crippen molar-refractivity contribution in [1.82, 2.24) is 19.7 Å². The Morgan fingerprint density at radius 1 is 1.00 bits per heavy atom. The Labute approximate surface area is 153 Å². The van der Waals surface area contributed by atoms with Gasteiger partial charge in [0.25, 0.3) is 0 Å². The highest BCUT2D eigenvalue weighted by Crippen LogP contribution is 2.30. The van der Waals surface area contributed by atoms with Crippen LogP contribution in [0.5, 0.6) is 0 Å². The molecule has 26 heavy (non-hydrogen) atoms. The van der Waals surface area contributed by atoms with Crippen LogP contribution in [0, 0.1) is 5.92 Å². The van der Waals surface area contributed by atoms with Gasteiger partial charge in [-0.05, 0) is 67.7 Å². The molecule has 1 saturated heterocycles. The molecule has 0 radical (unpaired) electrons. The lowest BCUT2D eigenvalue weighted by atomic mass is 9.89. The maximum absolute atomic E-state index is 10.6. The number of aromatic nitrogens is 3. The molecule has 5 heteroatoms. The minimum Gasteiger partial charge on any atom is -0.387 e. The van der Waals surface area contributed by atoms with Crippen molar-refractivity contribution in [2.45, 2.75) is 25.5 Å². The van der Waals surface area contributed by atoms with Crippen LogP contribution in [0.3, 0.4) is 0 Å². The molecule has 1 N–H and O–H groups in total. The maximum Gasteiger partial charge on any atom is 0.0988 e. The van der Waals surface area contributed by atoms with Crippen LogP contribution in [0.4, 0.5) is 0 Å². The molecule has 0 aliphatic carbocycles. The van der Waals surface area contributed by atoms with Crippen LogP contribution in [0.2, 0.25) is 0 Å². The predicted molar refractivity (Wildman–Crippen MR) is 101 cm³/mol. The van der Waals surface area contributed by atoms with E-state index in [4.69, 9.17) is 0 Å². The summed E-state index contributed by atoms with van der Waals surface area (Å²) in [6, 6.07) is 16.2. The molecule has 0 amide bonds. The van der Waals surface area contributed by atoms with Crippen molar-refractivity contribution in [3.8, 4) is 5.69 Å². The zero-order valence-corrected chi connectivity index (χ0v) is 14.8. The first-order valence-corrected chi connectivity index (χ1v) is 9.20. The first-order valence-electron chi connectivity index (χ1n) is 9.20. The Kier molecular flexibility index (Phi) is 5.09. The third-order valence-corrected chi connectivity index (χ3v) is 5.18. The van der Waals surface area contributed by atoms with Crippen molar-refractivity contribution in [1.29, 1.82) is 0 Å². The molecule has 0 spiro atoms. The van der Waals surface area contributed by atoms with Crippen molar-refractivity contribution < 1.29 is 5.11 Å². The van der Waals surface area contributed by atoms with Crippen molar-refractivity contribution in [2.75, 3.05) is 13.1 Å². The summed E-state index contributed by atoms with van der Waals surface area (Å²) in [5.41, 5.74) is 3.18. The number of hydrogen-bond acceptors (Lipinski definition) is 4. The van der Waals surface area contributed by atoms with E-state index in [1.54, 1.807) is 12.4 Å². The van der Waals surface area contributed by atoms with Gasteiger partial charge in [0.15, 0.2) is 0 Å². The highest BCUT2D eigenvalue weighted by molar-refractivity contribution is 5.33. The fourth-order valence-corrected chi connectivity index (χ4v) is 3.65. The van der Waals surface area contributed by atoms with Crippen LogP contribution in [-0.2, 0) is 6.54 Å². The van der Waals surface area contributed by atoms with Crippen molar-refractivity contribution in [2.24, 2.45) is 5.92 Å². The molecule has 0 bridgehead atoms. The predicted octanol–water partition coefficient (Wildman–Crippen LogP) is 3.21. The van der Waals surface area contributed by atoms with E-state index < -0.39 is 6.10 Å². The largest absolute Gasteiger partial charge is 0.387 e. The smallest absolute Gasteiger partial charge is 0.0988 e. The number of likely N-dealkylation sites (tertiary alicyclic amines) is 1. The lowest BCUT2D eigenvalue weighted by Gasteiger charge is -2.34. The van der Waals surface area contributed by atoms with E-state index >= 15 is 0 Å². The van der Waals surface area contributed by atoms with E-state index in [1.165, 1.54) is 5.56 Å². The fourth-order valence-electron chi connectivity index (χ4n) is 3.65. The second kappa shape index (κ2) is 7.81. The van der Waals surface area contributed by atoms with Crippen LogP contribution in [0.15, 0.2) is 67.1 Å². The Hall–Kier alpha value is -2.50. The van der Waals surface area contributed by atoms with E-state index in [-0.39, 0.29) is 0 Å². The molecule has 0 saturated carbocycles. The molecule has 3 aromatic rings. The van der Waals surface area contributed by atoms with Gasteiger partial charge in [0, 0.05) is 25.1 Å². The summed E-state index contributed by atoms with van der Waals surface area (Å²) in [5, 5.41) is 14.8. The molecule has 3 heterocycles. The third kappa shape index (κ3) is 3.84. The molecule has 4 rings (SSSR count). The standard InChI is InChI=1S/C21H24N4O/c26-21(20-4-1-2-11-22-20)18-9-14-24(15-10-18)16-17-5-7-19(8-6-17)25-13-3-12-23-25/h1-8,11-13,18,21,26H,9-10,14-16H2/t21-/m1/s1. The van der Waals surface area contributed by atoms with Crippen LogP contribution in [0.25, 0.3) is 5.69 Å². The molecule has 0 unspecified atom stereocenters. The number of nitrogens with zero attached hydrogens (tertiary/aromatic N) is 4. The molecule has 1 aromatic carbocycles. The van der Waals surface area contributed by atoms with E-state index in [9.17, 15) is 5.11 Å². The number of aliphatic hydroxyl groups is 1. The molecule has 1 fully saturated rings. The van der Waals surface area contributed by atoms with Crippen molar-refractivity contribution in [3.05, 3.63) is 78.4 Å². The number of aliphatic hydroxyl groups excluding tert-OH is 1. The average Bonchev–Trinajstić information content (AvgIpc) is 3.24. The minimum absolute atomic E-state index is 0.295. The second-order valence-corrected chi connectivity index (χ2v) is 6.93. The van der Waals surface area contributed by atoms with Gasteiger partial charge in [0.1, 0.15) is 0 Å². The Balaban J connectivity index is 1.31. The first kappa shape index (κ1) is 16.9. The highest BCUT2D eigenvalue weighted by Gasteiger charge is 2.26. The number of piperidine rings is 1. The second-order valence-electron chi connectivity index (χ2n) is 6.93. The first-order chi connectivity index (χ1) is 12.8. The van der Waals surface area contributed by atoms with Crippen LogP contribution >= 0.6 is 0 Å². The molecular weight excluding hydrogens is 324 g/mol. The van der Waals surface area contributed by atoms with Crippen LogP contribution in [0.1, 0.15) is 30.2 Å². The summed E-state index contributed by atoms with van der Waals surface area (Å²) in [6.45, 7) is 2.97. The van der Waals surface area contributed by atoms with Gasteiger partial charge in [0.2, 0.25) is 0 Å². The highest BCUT2D eigenvalue weighted by atomic mass is 16.3. The Bertz CT molecular complexity index is 794. The monoisotopic (exact) mass is 348 g/mol. The third-order valence-electron chi connectivity index (χ3n) is 5.18. The van der Waals surface area contributed by atoms with E-state index in [0.29, 0.717) is 5.92 Å². The maximum atomic E-state index is 10.6. The minimum atomic E-state index is -0.452. The molecule has 134 valence electrons. The summed E-state index contributed by atoms with van der Waals surface area (Å²) >= 11 is 0. The Morgan fingerprint density at radius 3 is 2.46 bits per heavy atom. The average molecular weight is 348 g/mol. The summed E-state index contributed by atoms with van der Waals surface area (Å²) in [7, 11) is 0. The normalized spacial score (nSPS) is 17.3.